The van der Waals surface area contributed by atoms with Crippen LogP contribution in [0.1, 0.15) is 41.3 Å². The first-order chi connectivity index (χ1) is 14.6. The summed E-state index contributed by atoms with van der Waals surface area (Å²) < 4.78 is 4.95. The second kappa shape index (κ2) is 9.30. The Balaban J connectivity index is 1.27. The normalized spacial score (nSPS) is 19.6. The Morgan fingerprint density at radius 1 is 1.07 bits per heavy atom. The van der Waals surface area contributed by atoms with E-state index in [1.165, 1.54) is 31.5 Å². The van der Waals surface area contributed by atoms with Gasteiger partial charge in [0.1, 0.15) is 6.61 Å². The van der Waals surface area contributed by atoms with Crippen molar-refractivity contribution >= 4 is 17.7 Å². The third-order valence-electron chi connectivity index (χ3n) is 5.83. The van der Waals surface area contributed by atoms with Gasteiger partial charge in [-0.1, -0.05) is 31.2 Å². The predicted octanol–water partition coefficient (Wildman–Crippen LogP) is 3.81. The van der Waals surface area contributed by atoms with E-state index in [4.69, 9.17) is 4.74 Å². The first kappa shape index (κ1) is 20.4. The standard InChI is InChI=1S/C24H29N3O3/c1-18-3-2-12-26(16-18)17-20-6-4-19(5-7-20)15-25-23(28)21-8-10-22(11-9-21)27-13-14-30-24(27)29/h4-11,18H,2-3,12-17H2,1H3,(H,25,28). The molecular formula is C24H29N3O3. The van der Waals surface area contributed by atoms with Gasteiger partial charge in [-0.3, -0.25) is 14.6 Å². The molecular weight excluding hydrogens is 378 g/mol. The minimum atomic E-state index is -0.342. The molecule has 2 aromatic rings. The van der Waals surface area contributed by atoms with Crippen molar-refractivity contribution in [3.05, 3.63) is 65.2 Å². The molecule has 158 valence electrons. The number of hydrogen-bond acceptors (Lipinski definition) is 4. The van der Waals surface area contributed by atoms with Gasteiger partial charge < -0.3 is 10.1 Å². The van der Waals surface area contributed by atoms with E-state index in [1.807, 2.05) is 0 Å². The second-order valence-corrected chi connectivity index (χ2v) is 8.29. The summed E-state index contributed by atoms with van der Waals surface area (Å²) in [6.45, 7) is 7.10. The molecule has 2 aromatic carbocycles. The molecule has 4 rings (SSSR count). The number of amides is 2. The van der Waals surface area contributed by atoms with E-state index >= 15 is 0 Å². The highest BCUT2D eigenvalue weighted by atomic mass is 16.6. The van der Waals surface area contributed by atoms with Crippen LogP contribution in [0.4, 0.5) is 10.5 Å². The Labute approximate surface area is 177 Å². The lowest BCUT2D eigenvalue weighted by Crippen LogP contribution is -2.33. The first-order valence-corrected chi connectivity index (χ1v) is 10.7. The van der Waals surface area contributed by atoms with Gasteiger partial charge in [0.15, 0.2) is 0 Å². The van der Waals surface area contributed by atoms with Crippen molar-refractivity contribution in [3.8, 4) is 0 Å². The number of piperidine rings is 1. The summed E-state index contributed by atoms with van der Waals surface area (Å²) in [5, 5.41) is 2.97. The van der Waals surface area contributed by atoms with Crippen LogP contribution in [0, 0.1) is 5.92 Å². The van der Waals surface area contributed by atoms with Gasteiger partial charge in [0.05, 0.1) is 6.54 Å². The number of ether oxygens (including phenoxy) is 1. The fourth-order valence-electron chi connectivity index (χ4n) is 4.16. The average molecular weight is 408 g/mol. The maximum Gasteiger partial charge on any atom is 0.414 e. The smallest absolute Gasteiger partial charge is 0.414 e. The molecule has 0 saturated carbocycles. The minimum absolute atomic E-state index is 0.128. The highest BCUT2D eigenvalue weighted by molar-refractivity contribution is 5.95. The molecule has 2 heterocycles. The number of rotatable bonds is 6. The van der Waals surface area contributed by atoms with Crippen molar-refractivity contribution in [1.82, 2.24) is 10.2 Å². The van der Waals surface area contributed by atoms with Gasteiger partial charge in [-0.15, -0.1) is 0 Å². The van der Waals surface area contributed by atoms with E-state index < -0.39 is 0 Å². The summed E-state index contributed by atoms with van der Waals surface area (Å²) in [5.41, 5.74) is 3.71. The van der Waals surface area contributed by atoms with Gasteiger partial charge >= 0.3 is 6.09 Å². The zero-order valence-corrected chi connectivity index (χ0v) is 17.5. The van der Waals surface area contributed by atoms with Gasteiger partial charge in [-0.2, -0.15) is 0 Å². The van der Waals surface area contributed by atoms with Crippen molar-refractivity contribution in [1.29, 1.82) is 0 Å². The molecule has 1 atom stereocenters. The van der Waals surface area contributed by atoms with Crippen LogP contribution in [-0.4, -0.2) is 43.1 Å². The largest absolute Gasteiger partial charge is 0.447 e. The maximum absolute atomic E-state index is 12.5. The molecule has 2 fully saturated rings. The lowest BCUT2D eigenvalue weighted by atomic mass is 9.99. The van der Waals surface area contributed by atoms with Gasteiger partial charge in [0.2, 0.25) is 0 Å². The lowest BCUT2D eigenvalue weighted by molar-refractivity contribution is 0.0951. The lowest BCUT2D eigenvalue weighted by Gasteiger charge is -2.30. The number of carbonyl (C=O) groups excluding carboxylic acids is 2. The molecule has 30 heavy (non-hydrogen) atoms. The topological polar surface area (TPSA) is 61.9 Å². The Kier molecular flexibility index (Phi) is 6.33. The van der Waals surface area contributed by atoms with Crippen LogP contribution in [0.15, 0.2) is 48.5 Å². The van der Waals surface area contributed by atoms with Crippen molar-refractivity contribution in [2.24, 2.45) is 5.92 Å². The highest BCUT2D eigenvalue weighted by Gasteiger charge is 2.23. The number of cyclic esters (lactones) is 1. The van der Waals surface area contributed by atoms with E-state index in [0.717, 1.165) is 23.7 Å². The minimum Gasteiger partial charge on any atom is -0.447 e. The van der Waals surface area contributed by atoms with E-state index in [0.29, 0.717) is 25.3 Å². The summed E-state index contributed by atoms with van der Waals surface area (Å²) in [6.07, 6.45) is 2.28. The average Bonchev–Trinajstić information content (AvgIpc) is 3.19. The van der Waals surface area contributed by atoms with Crippen LogP contribution in [0.2, 0.25) is 0 Å². The van der Waals surface area contributed by atoms with Gasteiger partial charge in [0.25, 0.3) is 5.91 Å². The fourth-order valence-corrected chi connectivity index (χ4v) is 4.16. The molecule has 0 bridgehead atoms. The number of likely N-dealkylation sites (tertiary alicyclic amines) is 1. The number of hydrogen-bond donors (Lipinski definition) is 1. The summed E-state index contributed by atoms with van der Waals surface area (Å²) >= 11 is 0. The number of benzene rings is 2. The van der Waals surface area contributed by atoms with Crippen molar-refractivity contribution in [2.75, 3.05) is 31.1 Å². The number of nitrogens with zero attached hydrogens (tertiary/aromatic N) is 2. The Bertz CT molecular complexity index is 880. The van der Waals surface area contributed by atoms with Crippen molar-refractivity contribution in [2.45, 2.75) is 32.9 Å². The van der Waals surface area contributed by atoms with E-state index in [2.05, 4.69) is 41.4 Å². The first-order valence-electron chi connectivity index (χ1n) is 10.7. The molecule has 2 aliphatic rings. The molecule has 2 aliphatic heterocycles. The quantitative estimate of drug-likeness (QED) is 0.791. The predicted molar refractivity (Wildman–Crippen MR) is 116 cm³/mol. The number of carbonyl (C=O) groups is 2. The zero-order chi connectivity index (χ0) is 20.9. The molecule has 2 saturated heterocycles. The molecule has 6 nitrogen and oxygen atoms in total. The Morgan fingerprint density at radius 2 is 1.80 bits per heavy atom. The van der Waals surface area contributed by atoms with Gasteiger partial charge in [0, 0.05) is 30.9 Å². The molecule has 0 spiro atoms. The molecule has 1 unspecified atom stereocenters. The fraction of sp³-hybridized carbons (Fsp3) is 0.417. The molecule has 0 radical (unpaired) electrons. The van der Waals surface area contributed by atoms with Gasteiger partial charge in [-0.25, -0.2) is 4.79 Å². The molecule has 0 aliphatic carbocycles. The van der Waals surface area contributed by atoms with E-state index in [-0.39, 0.29) is 12.0 Å². The van der Waals surface area contributed by atoms with E-state index in [1.54, 1.807) is 29.2 Å². The van der Waals surface area contributed by atoms with E-state index in [9.17, 15) is 9.59 Å². The summed E-state index contributed by atoms with van der Waals surface area (Å²) in [5.74, 6) is 0.656. The highest BCUT2D eigenvalue weighted by Crippen LogP contribution is 2.20. The molecule has 0 aromatic heterocycles. The van der Waals surface area contributed by atoms with Crippen LogP contribution >= 0.6 is 0 Å². The van der Waals surface area contributed by atoms with Crippen LogP contribution in [0.3, 0.4) is 0 Å². The van der Waals surface area contributed by atoms with Crippen molar-refractivity contribution < 1.29 is 14.3 Å². The van der Waals surface area contributed by atoms with Gasteiger partial charge in [-0.05, 0) is 60.7 Å². The Morgan fingerprint density at radius 3 is 2.47 bits per heavy atom. The van der Waals surface area contributed by atoms with Crippen LogP contribution in [-0.2, 0) is 17.8 Å². The van der Waals surface area contributed by atoms with Crippen molar-refractivity contribution in [3.63, 3.8) is 0 Å². The summed E-state index contributed by atoms with van der Waals surface area (Å²) in [4.78, 5) is 28.2. The van der Waals surface area contributed by atoms with Crippen LogP contribution in [0.25, 0.3) is 0 Å². The molecule has 6 heteroatoms. The third kappa shape index (κ3) is 5.00. The molecule has 1 N–H and O–H groups in total. The summed E-state index contributed by atoms with van der Waals surface area (Å²) in [7, 11) is 0. The number of nitrogens with one attached hydrogen (secondary N) is 1. The zero-order valence-electron chi connectivity index (χ0n) is 17.5. The second-order valence-electron chi connectivity index (χ2n) is 8.29. The Hall–Kier alpha value is -2.86. The van der Waals surface area contributed by atoms with Crippen LogP contribution < -0.4 is 10.2 Å². The number of anilines is 1. The monoisotopic (exact) mass is 407 g/mol. The maximum atomic E-state index is 12.5. The molecule has 2 amide bonds. The third-order valence-corrected chi connectivity index (χ3v) is 5.83. The van der Waals surface area contributed by atoms with Crippen LogP contribution in [0.5, 0.6) is 0 Å². The SMILES string of the molecule is CC1CCCN(Cc2ccc(CNC(=O)c3ccc(N4CCOC4=O)cc3)cc2)C1. The summed E-state index contributed by atoms with van der Waals surface area (Å²) in [6, 6.07) is 15.5.